The number of hydrogen-bond acceptors (Lipinski definition) is 5. The smallest absolute Gasteiger partial charge is 0.258 e. The van der Waals surface area contributed by atoms with Crippen molar-refractivity contribution in [1.82, 2.24) is 9.27 Å². The summed E-state index contributed by atoms with van der Waals surface area (Å²) in [7, 11) is 1.79. The van der Waals surface area contributed by atoms with Crippen molar-refractivity contribution in [1.29, 1.82) is 0 Å². The van der Waals surface area contributed by atoms with Crippen molar-refractivity contribution in [3.8, 4) is 0 Å². The van der Waals surface area contributed by atoms with Gasteiger partial charge in [0.2, 0.25) is 5.91 Å². The average Bonchev–Trinajstić information content (AvgIpc) is 3.02. The largest absolute Gasteiger partial charge is 0.378 e. The Labute approximate surface area is 151 Å². The lowest BCUT2D eigenvalue weighted by Crippen LogP contribution is -2.44. The van der Waals surface area contributed by atoms with E-state index in [-0.39, 0.29) is 17.7 Å². The highest BCUT2D eigenvalue weighted by Crippen LogP contribution is 2.28. The van der Waals surface area contributed by atoms with Crippen molar-refractivity contribution in [2.75, 3.05) is 30.8 Å². The molecule has 1 unspecified atom stereocenters. The van der Waals surface area contributed by atoms with Gasteiger partial charge in [0.1, 0.15) is 5.00 Å². The number of anilines is 2. The second-order valence-electron chi connectivity index (χ2n) is 6.17. The highest BCUT2D eigenvalue weighted by molar-refractivity contribution is 7.10. The predicted octanol–water partition coefficient (Wildman–Crippen LogP) is 2.98. The number of aromatic nitrogens is 1. The molecule has 1 atom stereocenters. The molecule has 1 aliphatic heterocycles. The second kappa shape index (κ2) is 7.65. The first-order valence-electron chi connectivity index (χ1n) is 8.39. The van der Waals surface area contributed by atoms with Crippen LogP contribution >= 0.6 is 11.5 Å². The first-order chi connectivity index (χ1) is 12.1. The topological polar surface area (TPSA) is 74.3 Å². The Morgan fingerprint density at radius 1 is 1.28 bits per heavy atom. The summed E-state index contributed by atoms with van der Waals surface area (Å²) in [5.41, 5.74) is 2.14. The van der Waals surface area contributed by atoms with Crippen LogP contribution in [0, 0.1) is 12.8 Å². The molecule has 2 aromatic rings. The van der Waals surface area contributed by atoms with Crippen LogP contribution in [-0.2, 0) is 4.79 Å². The van der Waals surface area contributed by atoms with E-state index in [1.807, 2.05) is 37.3 Å². The van der Waals surface area contributed by atoms with Gasteiger partial charge in [-0.15, -0.1) is 0 Å². The Bertz CT molecular complexity index is 760. The van der Waals surface area contributed by atoms with E-state index >= 15 is 0 Å². The van der Waals surface area contributed by atoms with Gasteiger partial charge >= 0.3 is 0 Å². The van der Waals surface area contributed by atoms with Gasteiger partial charge in [0, 0.05) is 25.8 Å². The van der Waals surface area contributed by atoms with Crippen molar-refractivity contribution in [3.05, 3.63) is 41.6 Å². The van der Waals surface area contributed by atoms with E-state index in [1.165, 1.54) is 11.5 Å². The number of nitrogens with one attached hydrogen (secondary N) is 2. The SMILES string of the molecule is CNc1snc(C)c1C(=O)N1CCCC(C(=O)Nc2ccccc2)C1. The number of hydrogen-bond donors (Lipinski definition) is 2. The molecule has 2 N–H and O–H groups in total. The Kier molecular flexibility index (Phi) is 5.33. The summed E-state index contributed by atoms with van der Waals surface area (Å²) >= 11 is 1.29. The van der Waals surface area contributed by atoms with Crippen LogP contribution in [0.1, 0.15) is 28.9 Å². The molecular weight excluding hydrogens is 336 g/mol. The third-order valence-electron chi connectivity index (χ3n) is 4.42. The van der Waals surface area contributed by atoms with E-state index < -0.39 is 0 Å². The number of benzene rings is 1. The number of carbonyl (C=O) groups is 2. The zero-order valence-electron chi connectivity index (χ0n) is 14.4. The van der Waals surface area contributed by atoms with Gasteiger partial charge in [-0.05, 0) is 43.4 Å². The summed E-state index contributed by atoms with van der Waals surface area (Å²) in [4.78, 5) is 27.2. The van der Waals surface area contributed by atoms with E-state index in [0.717, 1.165) is 29.2 Å². The maximum atomic E-state index is 12.9. The minimum Gasteiger partial charge on any atom is -0.378 e. The quantitative estimate of drug-likeness (QED) is 0.881. The average molecular weight is 358 g/mol. The van der Waals surface area contributed by atoms with Crippen LogP contribution in [0.3, 0.4) is 0 Å². The third kappa shape index (κ3) is 3.82. The number of aryl methyl sites for hydroxylation is 1. The molecule has 0 saturated carbocycles. The van der Waals surface area contributed by atoms with Crippen molar-refractivity contribution in [2.24, 2.45) is 5.92 Å². The van der Waals surface area contributed by atoms with E-state index in [0.29, 0.717) is 18.7 Å². The summed E-state index contributed by atoms with van der Waals surface area (Å²) in [6, 6.07) is 9.41. The lowest BCUT2D eigenvalue weighted by molar-refractivity contribution is -0.121. The van der Waals surface area contributed by atoms with Crippen molar-refractivity contribution in [2.45, 2.75) is 19.8 Å². The Morgan fingerprint density at radius 2 is 2.04 bits per heavy atom. The van der Waals surface area contributed by atoms with Crippen molar-refractivity contribution < 1.29 is 9.59 Å². The first-order valence-corrected chi connectivity index (χ1v) is 9.16. The molecule has 0 bridgehead atoms. The molecule has 25 heavy (non-hydrogen) atoms. The summed E-state index contributed by atoms with van der Waals surface area (Å²) in [5, 5.41) is 6.75. The van der Waals surface area contributed by atoms with E-state index in [1.54, 1.807) is 11.9 Å². The monoisotopic (exact) mass is 358 g/mol. The van der Waals surface area contributed by atoms with Gasteiger partial charge in [0.05, 0.1) is 17.2 Å². The number of para-hydroxylation sites is 1. The molecule has 0 radical (unpaired) electrons. The maximum absolute atomic E-state index is 12.9. The highest BCUT2D eigenvalue weighted by Gasteiger charge is 2.31. The van der Waals surface area contributed by atoms with Crippen LogP contribution in [0.5, 0.6) is 0 Å². The molecule has 7 heteroatoms. The molecule has 2 heterocycles. The van der Waals surface area contributed by atoms with Gasteiger partial charge in [-0.2, -0.15) is 4.37 Å². The molecule has 6 nitrogen and oxygen atoms in total. The van der Waals surface area contributed by atoms with Gasteiger partial charge in [-0.25, -0.2) is 0 Å². The van der Waals surface area contributed by atoms with Crippen LogP contribution in [-0.4, -0.2) is 41.2 Å². The molecule has 0 aliphatic carbocycles. The highest BCUT2D eigenvalue weighted by atomic mass is 32.1. The molecule has 3 rings (SSSR count). The van der Waals surface area contributed by atoms with E-state index in [2.05, 4.69) is 15.0 Å². The Balaban J connectivity index is 1.69. The van der Waals surface area contributed by atoms with E-state index in [9.17, 15) is 9.59 Å². The number of rotatable bonds is 4. The summed E-state index contributed by atoms with van der Waals surface area (Å²) in [6.07, 6.45) is 1.62. The van der Waals surface area contributed by atoms with Crippen LogP contribution in [0.4, 0.5) is 10.7 Å². The molecule has 2 amide bonds. The van der Waals surface area contributed by atoms with Crippen molar-refractivity contribution >= 4 is 34.0 Å². The number of piperidine rings is 1. The minimum absolute atomic E-state index is 0.0299. The predicted molar refractivity (Wildman–Crippen MR) is 100 cm³/mol. The minimum atomic E-state index is -0.192. The first kappa shape index (κ1) is 17.4. The van der Waals surface area contributed by atoms with Gasteiger partial charge < -0.3 is 15.5 Å². The number of carbonyl (C=O) groups excluding carboxylic acids is 2. The molecule has 1 aromatic carbocycles. The van der Waals surface area contributed by atoms with Crippen LogP contribution in [0.15, 0.2) is 30.3 Å². The lowest BCUT2D eigenvalue weighted by Gasteiger charge is -2.32. The zero-order chi connectivity index (χ0) is 17.8. The third-order valence-corrected chi connectivity index (χ3v) is 5.38. The van der Waals surface area contributed by atoms with Gasteiger partial charge in [0.15, 0.2) is 0 Å². The van der Waals surface area contributed by atoms with Crippen LogP contribution in [0.2, 0.25) is 0 Å². The lowest BCUT2D eigenvalue weighted by atomic mass is 9.96. The standard InChI is InChI=1S/C18H22N4O2S/c1-12-15(17(19-2)25-21-12)18(24)22-10-6-7-13(11-22)16(23)20-14-8-4-3-5-9-14/h3-5,8-9,13,19H,6-7,10-11H2,1-2H3,(H,20,23). The molecule has 1 aromatic heterocycles. The molecule has 132 valence electrons. The van der Waals surface area contributed by atoms with Gasteiger partial charge in [-0.3, -0.25) is 9.59 Å². The Morgan fingerprint density at radius 3 is 2.76 bits per heavy atom. The van der Waals surface area contributed by atoms with Gasteiger partial charge in [-0.1, -0.05) is 18.2 Å². The zero-order valence-corrected chi connectivity index (χ0v) is 15.2. The van der Waals surface area contributed by atoms with Crippen LogP contribution < -0.4 is 10.6 Å². The number of amides is 2. The maximum Gasteiger partial charge on any atom is 0.258 e. The van der Waals surface area contributed by atoms with Crippen molar-refractivity contribution in [3.63, 3.8) is 0 Å². The normalized spacial score (nSPS) is 17.2. The fraction of sp³-hybridized carbons (Fsp3) is 0.389. The summed E-state index contributed by atoms with van der Waals surface area (Å²) < 4.78 is 4.27. The summed E-state index contributed by atoms with van der Waals surface area (Å²) in [5.74, 6) is -0.270. The van der Waals surface area contributed by atoms with E-state index in [4.69, 9.17) is 0 Å². The fourth-order valence-electron chi connectivity index (χ4n) is 3.09. The van der Waals surface area contributed by atoms with Crippen LogP contribution in [0.25, 0.3) is 0 Å². The second-order valence-corrected chi connectivity index (χ2v) is 6.94. The molecule has 0 spiro atoms. The molecular formula is C18H22N4O2S. The molecule has 1 fully saturated rings. The van der Waals surface area contributed by atoms with Gasteiger partial charge in [0.25, 0.3) is 5.91 Å². The molecule has 1 aliphatic rings. The number of likely N-dealkylation sites (tertiary alicyclic amines) is 1. The fourth-order valence-corrected chi connectivity index (χ4v) is 3.83. The molecule has 1 saturated heterocycles. The number of nitrogens with zero attached hydrogens (tertiary/aromatic N) is 2. The Hall–Kier alpha value is -2.41. The summed E-state index contributed by atoms with van der Waals surface area (Å²) in [6.45, 7) is 2.95.